The lowest BCUT2D eigenvalue weighted by atomic mass is 10.4. The van der Waals surface area contributed by atoms with Crippen molar-refractivity contribution >= 4 is 22.8 Å². The molecule has 0 radical (unpaired) electrons. The fraction of sp³-hybridized carbons (Fsp3) is 0.600. The molecule has 0 fully saturated rings. The van der Waals surface area contributed by atoms with Crippen molar-refractivity contribution in [1.29, 1.82) is 0 Å². The van der Waals surface area contributed by atoms with Crippen molar-refractivity contribution in [3.63, 3.8) is 0 Å². The Morgan fingerprint density at radius 2 is 2.27 bits per heavy atom. The van der Waals surface area contributed by atoms with Gasteiger partial charge in [0.15, 0.2) is 11.4 Å². The Hall–Kier alpha value is -0.940. The summed E-state index contributed by atoms with van der Waals surface area (Å²) in [4.78, 5) is 17.9. The first-order valence-corrected chi connectivity index (χ1v) is 5.58. The maximum absolute atomic E-state index is 10.8. The van der Waals surface area contributed by atoms with Crippen LogP contribution in [0.15, 0.2) is 0 Å². The Bertz CT molecular complexity index is 336. The maximum Gasteiger partial charge on any atom is 0.186 e. The first-order valence-electron chi connectivity index (χ1n) is 4.76. The van der Waals surface area contributed by atoms with Gasteiger partial charge in [0.1, 0.15) is 0 Å². The van der Waals surface area contributed by atoms with Crippen molar-refractivity contribution in [3.05, 3.63) is 10.6 Å². The van der Waals surface area contributed by atoms with E-state index in [1.807, 2.05) is 11.9 Å². The van der Waals surface area contributed by atoms with Crippen molar-refractivity contribution in [1.82, 2.24) is 4.98 Å². The molecule has 0 saturated carbocycles. The number of rotatable bonds is 5. The summed E-state index contributed by atoms with van der Waals surface area (Å²) in [6.45, 7) is 4.55. The normalized spacial score (nSPS) is 10.7. The van der Waals surface area contributed by atoms with Crippen molar-refractivity contribution < 1.29 is 9.53 Å². The molecule has 0 bridgehead atoms. The summed E-state index contributed by atoms with van der Waals surface area (Å²) in [7, 11) is 3.56. The lowest BCUT2D eigenvalue weighted by Crippen LogP contribution is -2.25. The summed E-state index contributed by atoms with van der Waals surface area (Å²) in [6, 6.07) is 0.367. The van der Waals surface area contributed by atoms with Crippen molar-refractivity contribution in [2.24, 2.45) is 0 Å². The van der Waals surface area contributed by atoms with E-state index in [-0.39, 0.29) is 0 Å². The van der Waals surface area contributed by atoms with Gasteiger partial charge in [0.05, 0.1) is 17.2 Å². The van der Waals surface area contributed by atoms with Crippen LogP contribution in [0.2, 0.25) is 0 Å². The van der Waals surface area contributed by atoms with E-state index < -0.39 is 0 Å². The van der Waals surface area contributed by atoms with Gasteiger partial charge in [-0.25, -0.2) is 4.98 Å². The summed E-state index contributed by atoms with van der Waals surface area (Å²) in [5, 5.41) is 0.860. The van der Waals surface area contributed by atoms with Gasteiger partial charge in [-0.1, -0.05) is 11.3 Å². The van der Waals surface area contributed by atoms with E-state index in [9.17, 15) is 4.79 Å². The van der Waals surface area contributed by atoms with Crippen LogP contribution in [0.3, 0.4) is 0 Å². The molecule has 0 N–H and O–H groups in total. The van der Waals surface area contributed by atoms with Crippen LogP contribution in [0, 0.1) is 0 Å². The van der Waals surface area contributed by atoms with Crippen LogP contribution in [0.1, 0.15) is 29.2 Å². The Labute approximate surface area is 93.9 Å². The number of thiazole rings is 1. The van der Waals surface area contributed by atoms with E-state index in [4.69, 9.17) is 4.74 Å². The van der Waals surface area contributed by atoms with Gasteiger partial charge in [0.25, 0.3) is 0 Å². The zero-order valence-electron chi connectivity index (χ0n) is 9.48. The van der Waals surface area contributed by atoms with Gasteiger partial charge in [0.2, 0.25) is 0 Å². The highest BCUT2D eigenvalue weighted by Crippen LogP contribution is 2.25. The molecule has 0 atom stereocenters. The maximum atomic E-state index is 10.8. The minimum absolute atomic E-state index is 0.367. The first-order chi connectivity index (χ1) is 7.10. The molecule has 0 aliphatic heterocycles. The molecule has 0 unspecified atom stereocenters. The van der Waals surface area contributed by atoms with E-state index >= 15 is 0 Å². The van der Waals surface area contributed by atoms with Gasteiger partial charge in [0, 0.05) is 20.2 Å². The van der Waals surface area contributed by atoms with Crippen LogP contribution >= 0.6 is 11.3 Å². The minimum Gasteiger partial charge on any atom is -0.378 e. The van der Waals surface area contributed by atoms with E-state index in [2.05, 4.69) is 18.8 Å². The molecule has 15 heavy (non-hydrogen) atoms. The van der Waals surface area contributed by atoms with Gasteiger partial charge in [-0.15, -0.1) is 0 Å². The molecule has 1 aromatic rings. The number of carbonyl (C=O) groups excluding carboxylic acids is 1. The molecule has 5 heteroatoms. The summed E-state index contributed by atoms with van der Waals surface area (Å²) < 4.78 is 4.99. The molecule has 1 rings (SSSR count). The molecular formula is C10H16N2O2S. The first kappa shape index (κ1) is 12.1. The summed E-state index contributed by atoms with van der Waals surface area (Å²) in [6.07, 6.45) is 0.837. The van der Waals surface area contributed by atoms with Crippen LogP contribution in [0.5, 0.6) is 0 Å². The van der Waals surface area contributed by atoms with Crippen molar-refractivity contribution in [2.75, 3.05) is 19.1 Å². The van der Waals surface area contributed by atoms with Crippen LogP contribution in [-0.2, 0) is 11.3 Å². The van der Waals surface area contributed by atoms with Crippen LogP contribution in [-0.4, -0.2) is 31.5 Å². The van der Waals surface area contributed by atoms with Crippen molar-refractivity contribution in [2.45, 2.75) is 26.5 Å². The number of nitrogens with zero attached hydrogens (tertiary/aromatic N) is 2. The smallest absolute Gasteiger partial charge is 0.186 e. The van der Waals surface area contributed by atoms with E-state index in [1.165, 1.54) is 11.3 Å². The number of hydrogen-bond donors (Lipinski definition) is 0. The SMILES string of the molecule is COCc1nc(N(C)C(C)C)sc1C=O. The molecule has 84 valence electrons. The molecule has 0 saturated heterocycles. The fourth-order valence-corrected chi connectivity index (χ4v) is 2.03. The topological polar surface area (TPSA) is 42.4 Å². The monoisotopic (exact) mass is 228 g/mol. The van der Waals surface area contributed by atoms with E-state index in [0.29, 0.717) is 17.5 Å². The van der Waals surface area contributed by atoms with Crippen LogP contribution in [0.4, 0.5) is 5.13 Å². The van der Waals surface area contributed by atoms with Gasteiger partial charge in [-0.2, -0.15) is 0 Å². The largest absolute Gasteiger partial charge is 0.378 e. The molecular weight excluding hydrogens is 212 g/mol. The molecule has 0 aliphatic rings. The standard InChI is InChI=1S/C10H16N2O2S/c1-7(2)12(3)10-11-8(6-14-4)9(5-13)15-10/h5,7H,6H2,1-4H3. The average molecular weight is 228 g/mol. The minimum atomic E-state index is 0.367. The molecule has 0 amide bonds. The third-order valence-corrected chi connectivity index (χ3v) is 3.29. The highest BCUT2D eigenvalue weighted by Gasteiger charge is 2.14. The molecule has 1 aromatic heterocycles. The van der Waals surface area contributed by atoms with Gasteiger partial charge >= 0.3 is 0 Å². The van der Waals surface area contributed by atoms with Gasteiger partial charge in [-0.05, 0) is 13.8 Å². The second-order valence-corrected chi connectivity index (χ2v) is 4.57. The summed E-state index contributed by atoms with van der Waals surface area (Å²) in [5.74, 6) is 0. The third kappa shape index (κ3) is 2.76. The zero-order valence-corrected chi connectivity index (χ0v) is 10.3. The number of aldehydes is 1. The summed E-state index contributed by atoms with van der Waals surface area (Å²) >= 11 is 1.40. The fourth-order valence-electron chi connectivity index (χ4n) is 1.05. The Morgan fingerprint density at radius 3 is 2.73 bits per heavy atom. The number of carbonyl (C=O) groups is 1. The zero-order chi connectivity index (χ0) is 11.4. The highest BCUT2D eigenvalue weighted by molar-refractivity contribution is 7.17. The Kier molecular flexibility index (Phi) is 4.23. The molecule has 4 nitrogen and oxygen atoms in total. The number of hydrogen-bond acceptors (Lipinski definition) is 5. The van der Waals surface area contributed by atoms with Gasteiger partial charge in [-0.3, -0.25) is 4.79 Å². The quantitative estimate of drug-likeness (QED) is 0.722. The average Bonchev–Trinajstić information content (AvgIpc) is 2.60. The molecule has 0 spiro atoms. The second-order valence-electron chi connectivity index (χ2n) is 3.56. The lowest BCUT2D eigenvalue weighted by molar-refractivity contribution is 0.112. The second kappa shape index (κ2) is 5.23. The Balaban J connectivity index is 2.96. The molecule has 0 aromatic carbocycles. The molecule has 0 aliphatic carbocycles. The number of aromatic nitrogens is 1. The lowest BCUT2D eigenvalue weighted by Gasteiger charge is -2.19. The number of anilines is 1. The van der Waals surface area contributed by atoms with Crippen molar-refractivity contribution in [3.8, 4) is 0 Å². The third-order valence-electron chi connectivity index (χ3n) is 2.18. The summed E-state index contributed by atoms with van der Waals surface area (Å²) in [5.41, 5.74) is 0.722. The predicted octanol–water partition coefficient (Wildman–Crippen LogP) is 1.95. The highest BCUT2D eigenvalue weighted by atomic mass is 32.1. The predicted molar refractivity (Wildman–Crippen MR) is 61.8 cm³/mol. The number of ether oxygens (including phenoxy) is 1. The number of methoxy groups -OCH3 is 1. The van der Waals surface area contributed by atoms with Gasteiger partial charge < -0.3 is 9.64 Å². The Morgan fingerprint density at radius 1 is 1.60 bits per heavy atom. The van der Waals surface area contributed by atoms with Crippen LogP contribution < -0.4 is 4.90 Å². The van der Waals surface area contributed by atoms with E-state index in [0.717, 1.165) is 17.1 Å². The van der Waals surface area contributed by atoms with E-state index in [1.54, 1.807) is 7.11 Å². The molecule has 1 heterocycles. The van der Waals surface area contributed by atoms with Crippen LogP contribution in [0.25, 0.3) is 0 Å².